The molecule has 3 heterocycles. The van der Waals surface area contributed by atoms with Crippen LogP contribution in [-0.4, -0.2) is 33.5 Å². The molecule has 0 atom stereocenters. The van der Waals surface area contributed by atoms with Crippen molar-refractivity contribution in [3.63, 3.8) is 0 Å². The lowest BCUT2D eigenvalue weighted by Crippen LogP contribution is -2.31. The first-order chi connectivity index (χ1) is 14.2. The van der Waals surface area contributed by atoms with Gasteiger partial charge < -0.3 is 4.74 Å². The minimum absolute atomic E-state index is 0.300. The van der Waals surface area contributed by atoms with Crippen molar-refractivity contribution >= 4 is 0 Å². The molecule has 0 N–H and O–H groups in total. The molecule has 1 aliphatic carbocycles. The SMILES string of the molecule is COc1ccc(F)cc1-c1ccc(CN2CCc3nc(C4CC4)ncc3C2)cn1. The Balaban J connectivity index is 1.29. The zero-order chi connectivity index (χ0) is 19.8. The number of ether oxygens (including phenoxy) is 1. The minimum atomic E-state index is -0.300. The molecule has 0 radical (unpaired) electrons. The van der Waals surface area contributed by atoms with Gasteiger partial charge in [0.25, 0.3) is 0 Å². The standard InChI is InChI=1S/C23H23FN4O/c1-29-22-7-5-18(24)10-19(22)21-6-2-15(11-25-21)13-28-9-8-20-17(14-28)12-26-23(27-20)16-3-4-16/h2,5-7,10-12,16H,3-4,8-9,13-14H2,1H3. The predicted molar refractivity (Wildman–Crippen MR) is 108 cm³/mol. The number of benzene rings is 1. The Morgan fingerprint density at radius 2 is 2.03 bits per heavy atom. The Kier molecular flexibility index (Phi) is 4.72. The van der Waals surface area contributed by atoms with Crippen LogP contribution in [0.1, 0.15) is 41.4 Å². The maximum atomic E-state index is 13.7. The molecule has 1 aromatic carbocycles. The largest absolute Gasteiger partial charge is 0.496 e. The van der Waals surface area contributed by atoms with Crippen molar-refractivity contribution < 1.29 is 9.13 Å². The van der Waals surface area contributed by atoms with E-state index in [9.17, 15) is 4.39 Å². The minimum Gasteiger partial charge on any atom is -0.496 e. The van der Waals surface area contributed by atoms with E-state index in [0.717, 1.165) is 37.4 Å². The summed E-state index contributed by atoms with van der Waals surface area (Å²) in [5.41, 5.74) is 4.94. The zero-order valence-electron chi connectivity index (χ0n) is 16.4. The molecule has 1 saturated carbocycles. The van der Waals surface area contributed by atoms with Gasteiger partial charge in [0.2, 0.25) is 0 Å². The van der Waals surface area contributed by atoms with Gasteiger partial charge in [-0.25, -0.2) is 14.4 Å². The molecule has 0 bridgehead atoms. The van der Waals surface area contributed by atoms with E-state index < -0.39 is 0 Å². The number of fused-ring (bicyclic) bond motifs is 1. The molecule has 0 amide bonds. The third-order valence-corrected chi connectivity index (χ3v) is 5.64. The summed E-state index contributed by atoms with van der Waals surface area (Å²) in [5, 5.41) is 0. The first-order valence-electron chi connectivity index (χ1n) is 10.1. The Hall–Kier alpha value is -2.86. The normalized spacial score (nSPS) is 16.5. The number of nitrogens with zero attached hydrogens (tertiary/aromatic N) is 4. The maximum Gasteiger partial charge on any atom is 0.131 e. The summed E-state index contributed by atoms with van der Waals surface area (Å²) in [6.45, 7) is 2.66. The van der Waals surface area contributed by atoms with Crippen LogP contribution in [0.5, 0.6) is 5.75 Å². The fourth-order valence-corrected chi connectivity index (χ4v) is 3.88. The van der Waals surface area contributed by atoms with Crippen molar-refractivity contribution in [1.82, 2.24) is 19.9 Å². The topological polar surface area (TPSA) is 51.1 Å². The maximum absolute atomic E-state index is 13.7. The molecule has 29 heavy (non-hydrogen) atoms. The molecule has 0 spiro atoms. The summed E-state index contributed by atoms with van der Waals surface area (Å²) in [5.74, 6) is 1.94. The van der Waals surface area contributed by atoms with Crippen LogP contribution in [0.4, 0.5) is 4.39 Å². The van der Waals surface area contributed by atoms with Crippen LogP contribution in [0, 0.1) is 5.82 Å². The van der Waals surface area contributed by atoms with E-state index in [4.69, 9.17) is 9.72 Å². The number of methoxy groups -OCH3 is 1. The van der Waals surface area contributed by atoms with Crippen molar-refractivity contribution in [2.75, 3.05) is 13.7 Å². The summed E-state index contributed by atoms with van der Waals surface area (Å²) in [7, 11) is 1.58. The van der Waals surface area contributed by atoms with Gasteiger partial charge in [-0.3, -0.25) is 9.88 Å². The number of pyridine rings is 1. The van der Waals surface area contributed by atoms with Gasteiger partial charge >= 0.3 is 0 Å². The second-order valence-electron chi connectivity index (χ2n) is 7.83. The van der Waals surface area contributed by atoms with Crippen LogP contribution in [0.2, 0.25) is 0 Å². The lowest BCUT2D eigenvalue weighted by molar-refractivity contribution is 0.242. The van der Waals surface area contributed by atoms with E-state index in [1.54, 1.807) is 13.2 Å². The molecule has 6 heteroatoms. The third-order valence-electron chi connectivity index (χ3n) is 5.64. The van der Waals surface area contributed by atoms with Crippen molar-refractivity contribution in [2.45, 2.75) is 38.3 Å². The molecule has 2 aromatic heterocycles. The van der Waals surface area contributed by atoms with E-state index in [1.807, 2.05) is 18.5 Å². The van der Waals surface area contributed by atoms with Gasteiger partial charge in [-0.2, -0.15) is 0 Å². The fourth-order valence-electron chi connectivity index (χ4n) is 3.88. The molecule has 5 nitrogen and oxygen atoms in total. The third kappa shape index (κ3) is 3.85. The van der Waals surface area contributed by atoms with E-state index >= 15 is 0 Å². The molecule has 1 fully saturated rings. The Morgan fingerprint density at radius 1 is 1.14 bits per heavy atom. The number of rotatable bonds is 5. The van der Waals surface area contributed by atoms with E-state index in [2.05, 4.69) is 20.9 Å². The fraction of sp³-hybridized carbons (Fsp3) is 0.348. The average Bonchev–Trinajstić information content (AvgIpc) is 3.59. The molecule has 2 aliphatic rings. The van der Waals surface area contributed by atoms with Gasteiger partial charge in [0, 0.05) is 61.2 Å². The van der Waals surface area contributed by atoms with Crippen LogP contribution in [0.25, 0.3) is 11.3 Å². The number of hydrogen-bond donors (Lipinski definition) is 0. The number of aromatic nitrogens is 3. The lowest BCUT2D eigenvalue weighted by Gasteiger charge is -2.28. The molecular formula is C23H23FN4O. The summed E-state index contributed by atoms with van der Waals surface area (Å²) < 4.78 is 19.0. The second-order valence-corrected chi connectivity index (χ2v) is 7.83. The van der Waals surface area contributed by atoms with Gasteiger partial charge in [-0.15, -0.1) is 0 Å². The number of halogens is 1. The van der Waals surface area contributed by atoms with Gasteiger partial charge in [-0.1, -0.05) is 6.07 Å². The van der Waals surface area contributed by atoms with Gasteiger partial charge in [0.05, 0.1) is 12.8 Å². The van der Waals surface area contributed by atoms with E-state index in [1.165, 1.54) is 36.2 Å². The van der Waals surface area contributed by atoms with E-state index in [0.29, 0.717) is 22.9 Å². The van der Waals surface area contributed by atoms with Crippen molar-refractivity contribution in [3.8, 4) is 17.0 Å². The van der Waals surface area contributed by atoms with Crippen LogP contribution < -0.4 is 4.74 Å². The monoisotopic (exact) mass is 390 g/mol. The van der Waals surface area contributed by atoms with Crippen LogP contribution in [0.15, 0.2) is 42.7 Å². The predicted octanol–water partition coefficient (Wildman–Crippen LogP) is 4.12. The van der Waals surface area contributed by atoms with Crippen molar-refractivity contribution in [2.24, 2.45) is 0 Å². The Labute approximate surface area is 169 Å². The van der Waals surface area contributed by atoms with Crippen LogP contribution >= 0.6 is 0 Å². The van der Waals surface area contributed by atoms with Crippen molar-refractivity contribution in [1.29, 1.82) is 0 Å². The first kappa shape index (κ1) is 18.2. The summed E-state index contributed by atoms with van der Waals surface area (Å²) >= 11 is 0. The Morgan fingerprint density at radius 3 is 2.79 bits per heavy atom. The second kappa shape index (κ2) is 7.52. The van der Waals surface area contributed by atoms with Gasteiger partial charge in [0.1, 0.15) is 17.4 Å². The Bertz CT molecular complexity index is 1030. The van der Waals surface area contributed by atoms with Crippen LogP contribution in [0.3, 0.4) is 0 Å². The summed E-state index contributed by atoms with van der Waals surface area (Å²) in [6, 6.07) is 8.45. The number of hydrogen-bond acceptors (Lipinski definition) is 5. The van der Waals surface area contributed by atoms with Gasteiger partial charge in [-0.05, 0) is 42.7 Å². The highest BCUT2D eigenvalue weighted by Gasteiger charge is 2.28. The molecule has 5 rings (SSSR count). The van der Waals surface area contributed by atoms with E-state index in [-0.39, 0.29) is 5.82 Å². The molecule has 0 saturated heterocycles. The average molecular weight is 390 g/mol. The zero-order valence-corrected chi connectivity index (χ0v) is 16.4. The first-order valence-corrected chi connectivity index (χ1v) is 10.1. The quantitative estimate of drug-likeness (QED) is 0.656. The van der Waals surface area contributed by atoms with Crippen molar-refractivity contribution in [3.05, 3.63) is 71.2 Å². The van der Waals surface area contributed by atoms with Gasteiger partial charge in [0.15, 0.2) is 0 Å². The molecule has 0 unspecified atom stereocenters. The molecule has 1 aliphatic heterocycles. The smallest absolute Gasteiger partial charge is 0.131 e. The summed E-state index contributed by atoms with van der Waals surface area (Å²) in [6.07, 6.45) is 7.30. The van der Waals surface area contributed by atoms with Crippen LogP contribution in [-0.2, 0) is 19.5 Å². The molecule has 3 aromatic rings. The lowest BCUT2D eigenvalue weighted by atomic mass is 10.1. The summed E-state index contributed by atoms with van der Waals surface area (Å²) in [4.78, 5) is 16.3. The molecular weight excluding hydrogens is 367 g/mol. The highest BCUT2D eigenvalue weighted by molar-refractivity contribution is 5.67. The molecule has 148 valence electrons. The highest BCUT2D eigenvalue weighted by Crippen LogP contribution is 2.38. The highest BCUT2D eigenvalue weighted by atomic mass is 19.1.